The molecule has 7 nitrogen and oxygen atoms in total. The van der Waals surface area contributed by atoms with Gasteiger partial charge >= 0.3 is 0 Å². The molecule has 1 fully saturated rings. The first-order valence-corrected chi connectivity index (χ1v) is 12.6. The van der Waals surface area contributed by atoms with Crippen molar-refractivity contribution in [1.82, 2.24) is 19.3 Å². The van der Waals surface area contributed by atoms with Crippen molar-refractivity contribution in [3.05, 3.63) is 84.4 Å². The van der Waals surface area contributed by atoms with Crippen molar-refractivity contribution in [2.24, 2.45) is 13.0 Å². The van der Waals surface area contributed by atoms with Crippen molar-refractivity contribution in [2.75, 3.05) is 5.32 Å². The predicted octanol–water partition coefficient (Wildman–Crippen LogP) is 5.61. The second-order valence-electron chi connectivity index (χ2n) is 9.50. The molecule has 2 aromatic heterocycles. The topological polar surface area (TPSA) is 81.8 Å². The summed E-state index contributed by atoms with van der Waals surface area (Å²) < 4.78 is 3.67. The van der Waals surface area contributed by atoms with Crippen molar-refractivity contribution >= 4 is 17.6 Å². The zero-order chi connectivity index (χ0) is 24.9. The summed E-state index contributed by atoms with van der Waals surface area (Å²) in [4.78, 5) is 29.9. The SMILES string of the molecule is Cn1cc(-c2cccc(C(=O)Nc3nc(CCCCCC(=O)C4CC4)cn3-c3ccccc3)c2)cn1. The molecule has 0 radical (unpaired) electrons. The van der Waals surface area contributed by atoms with E-state index in [1.807, 2.05) is 72.5 Å². The van der Waals surface area contributed by atoms with Crippen LogP contribution >= 0.6 is 0 Å². The van der Waals surface area contributed by atoms with Crippen molar-refractivity contribution in [3.63, 3.8) is 0 Å². The number of aromatic nitrogens is 4. The van der Waals surface area contributed by atoms with Crippen molar-refractivity contribution < 1.29 is 9.59 Å². The largest absolute Gasteiger partial charge is 0.299 e. The van der Waals surface area contributed by atoms with Crippen LogP contribution in [0.2, 0.25) is 0 Å². The zero-order valence-corrected chi connectivity index (χ0v) is 20.6. The molecule has 5 rings (SSSR count). The number of imidazole rings is 1. The number of hydrogen-bond donors (Lipinski definition) is 1. The number of rotatable bonds is 11. The Morgan fingerprint density at radius 2 is 1.81 bits per heavy atom. The van der Waals surface area contributed by atoms with Crippen molar-refractivity contribution in [3.8, 4) is 16.8 Å². The van der Waals surface area contributed by atoms with Crippen LogP contribution in [0.1, 0.15) is 54.6 Å². The lowest BCUT2D eigenvalue weighted by atomic mass is 10.1. The van der Waals surface area contributed by atoms with E-state index in [2.05, 4.69) is 10.4 Å². The highest BCUT2D eigenvalue weighted by molar-refractivity contribution is 6.04. The van der Waals surface area contributed by atoms with Gasteiger partial charge in [-0.15, -0.1) is 0 Å². The van der Waals surface area contributed by atoms with Crippen LogP contribution in [0.4, 0.5) is 5.95 Å². The van der Waals surface area contributed by atoms with Gasteiger partial charge in [0.25, 0.3) is 5.91 Å². The molecule has 36 heavy (non-hydrogen) atoms. The van der Waals surface area contributed by atoms with E-state index in [9.17, 15) is 9.59 Å². The molecular formula is C29H31N5O2. The van der Waals surface area contributed by atoms with E-state index in [0.717, 1.165) is 61.0 Å². The van der Waals surface area contributed by atoms with Gasteiger partial charge in [-0.2, -0.15) is 5.10 Å². The van der Waals surface area contributed by atoms with Gasteiger partial charge in [0.2, 0.25) is 5.95 Å². The molecule has 7 heteroatoms. The molecular weight excluding hydrogens is 450 g/mol. The van der Waals surface area contributed by atoms with Crippen LogP contribution in [0.25, 0.3) is 16.8 Å². The molecule has 184 valence electrons. The molecule has 2 heterocycles. The number of anilines is 1. The summed E-state index contributed by atoms with van der Waals surface area (Å²) in [5, 5.41) is 7.24. The Morgan fingerprint density at radius 3 is 2.56 bits per heavy atom. The zero-order valence-electron chi connectivity index (χ0n) is 20.6. The molecule has 0 saturated heterocycles. The summed E-state index contributed by atoms with van der Waals surface area (Å²) in [5.74, 6) is 1.06. The number of nitrogens with zero attached hydrogens (tertiary/aromatic N) is 4. The molecule has 0 aliphatic heterocycles. The van der Waals surface area contributed by atoms with Gasteiger partial charge in [0, 0.05) is 48.6 Å². The second-order valence-corrected chi connectivity index (χ2v) is 9.50. The van der Waals surface area contributed by atoms with Crippen LogP contribution in [-0.4, -0.2) is 31.0 Å². The Bertz CT molecular complexity index is 1350. The Labute approximate surface area is 211 Å². The van der Waals surface area contributed by atoms with Crippen molar-refractivity contribution in [1.29, 1.82) is 0 Å². The quantitative estimate of drug-likeness (QED) is 0.283. The molecule has 1 aliphatic rings. The highest BCUT2D eigenvalue weighted by Crippen LogP contribution is 2.31. The molecule has 1 amide bonds. The molecule has 0 spiro atoms. The van der Waals surface area contributed by atoms with E-state index in [-0.39, 0.29) is 5.91 Å². The molecule has 1 N–H and O–H groups in total. The molecule has 0 atom stereocenters. The number of para-hydroxylation sites is 1. The highest BCUT2D eigenvalue weighted by Gasteiger charge is 2.28. The van der Waals surface area contributed by atoms with E-state index >= 15 is 0 Å². The number of amides is 1. The number of benzene rings is 2. The fourth-order valence-electron chi connectivity index (χ4n) is 4.40. The molecule has 0 bridgehead atoms. The number of carbonyl (C=O) groups is 2. The minimum absolute atomic E-state index is 0.214. The van der Waals surface area contributed by atoms with Gasteiger partial charge in [0.05, 0.1) is 11.9 Å². The number of ketones is 1. The van der Waals surface area contributed by atoms with Crippen molar-refractivity contribution in [2.45, 2.75) is 44.9 Å². The number of hydrogen-bond acceptors (Lipinski definition) is 4. The Balaban J connectivity index is 1.28. The first kappa shape index (κ1) is 23.7. The van der Waals surface area contributed by atoms with Crippen LogP contribution in [-0.2, 0) is 18.3 Å². The summed E-state index contributed by atoms with van der Waals surface area (Å²) in [5.41, 5.74) is 4.31. The molecule has 1 aliphatic carbocycles. The van der Waals surface area contributed by atoms with E-state index in [1.54, 1.807) is 16.9 Å². The fraction of sp³-hybridized carbons (Fsp3) is 0.310. The smallest absolute Gasteiger partial charge is 0.258 e. The summed E-state index contributed by atoms with van der Waals surface area (Å²) in [7, 11) is 1.87. The van der Waals surface area contributed by atoms with Gasteiger partial charge in [-0.25, -0.2) is 4.98 Å². The van der Waals surface area contributed by atoms with Gasteiger partial charge in [-0.1, -0.05) is 36.8 Å². The van der Waals surface area contributed by atoms with E-state index in [1.165, 1.54) is 0 Å². The Morgan fingerprint density at radius 1 is 0.972 bits per heavy atom. The average molecular weight is 482 g/mol. The second kappa shape index (κ2) is 10.7. The standard InChI is InChI=1S/C29H31N5O2/c1-33-19-24(18-30-33)22-9-8-10-23(17-22)28(36)32-29-31-25(20-34(29)26-12-5-3-6-13-26)11-4-2-7-14-27(35)21-15-16-21/h3,5-6,8-10,12-13,17-21H,2,4,7,11,14-16H2,1H3,(H,31,32,36). The maximum atomic E-state index is 13.2. The van der Waals surface area contributed by atoms with E-state index in [4.69, 9.17) is 4.98 Å². The van der Waals surface area contributed by atoms with E-state index < -0.39 is 0 Å². The maximum absolute atomic E-state index is 13.2. The van der Waals surface area contributed by atoms with Crippen LogP contribution < -0.4 is 5.32 Å². The van der Waals surface area contributed by atoms with Gasteiger partial charge < -0.3 is 0 Å². The van der Waals surface area contributed by atoms with Crippen LogP contribution in [0.15, 0.2) is 73.2 Å². The molecule has 1 saturated carbocycles. The van der Waals surface area contributed by atoms with Crippen LogP contribution in [0.3, 0.4) is 0 Å². The molecule has 0 unspecified atom stereocenters. The number of aryl methyl sites for hydroxylation is 2. The fourth-order valence-corrected chi connectivity index (χ4v) is 4.40. The first-order valence-electron chi connectivity index (χ1n) is 12.6. The van der Waals surface area contributed by atoms with Gasteiger partial charge in [-0.05, 0) is 61.9 Å². The third-order valence-electron chi connectivity index (χ3n) is 6.57. The van der Waals surface area contributed by atoms with Crippen LogP contribution in [0, 0.1) is 5.92 Å². The lowest BCUT2D eigenvalue weighted by Gasteiger charge is -2.09. The van der Waals surface area contributed by atoms with Gasteiger partial charge in [0.15, 0.2) is 0 Å². The first-order chi connectivity index (χ1) is 17.6. The summed E-state index contributed by atoms with van der Waals surface area (Å²) in [6, 6.07) is 17.4. The number of nitrogens with one attached hydrogen (secondary N) is 1. The lowest BCUT2D eigenvalue weighted by Crippen LogP contribution is -2.15. The summed E-state index contributed by atoms with van der Waals surface area (Å²) >= 11 is 0. The summed E-state index contributed by atoms with van der Waals surface area (Å²) in [6.45, 7) is 0. The average Bonchev–Trinajstić information content (AvgIpc) is 3.55. The number of Topliss-reactive ketones (excluding diaryl/α,β-unsaturated/α-hetero) is 1. The minimum Gasteiger partial charge on any atom is -0.299 e. The monoisotopic (exact) mass is 481 g/mol. The molecule has 4 aromatic rings. The minimum atomic E-state index is -0.214. The summed E-state index contributed by atoms with van der Waals surface area (Å²) in [6.07, 6.45) is 12.3. The number of carbonyl (C=O) groups excluding carboxylic acids is 2. The lowest BCUT2D eigenvalue weighted by molar-refractivity contribution is -0.120. The third kappa shape index (κ3) is 5.79. The normalized spacial score (nSPS) is 13.0. The highest BCUT2D eigenvalue weighted by atomic mass is 16.1. The Hall–Kier alpha value is -4.00. The Kier molecular flexibility index (Phi) is 7.07. The maximum Gasteiger partial charge on any atom is 0.258 e. The van der Waals surface area contributed by atoms with Gasteiger partial charge in [0.1, 0.15) is 5.78 Å². The predicted molar refractivity (Wildman–Crippen MR) is 140 cm³/mol. The van der Waals surface area contributed by atoms with Crippen LogP contribution in [0.5, 0.6) is 0 Å². The van der Waals surface area contributed by atoms with E-state index in [0.29, 0.717) is 29.6 Å². The van der Waals surface area contributed by atoms with Gasteiger partial charge in [-0.3, -0.25) is 24.2 Å². The third-order valence-corrected chi connectivity index (χ3v) is 6.57. The number of unbranched alkanes of at least 4 members (excludes halogenated alkanes) is 2. The molecule has 2 aromatic carbocycles.